The number of hydrogen-bond acceptors (Lipinski definition) is 9. The third-order valence-corrected chi connectivity index (χ3v) is 4.65. The lowest BCUT2D eigenvalue weighted by molar-refractivity contribution is -0.144. The van der Waals surface area contributed by atoms with E-state index in [-0.39, 0.29) is 12.8 Å². The van der Waals surface area contributed by atoms with Gasteiger partial charge >= 0.3 is 17.9 Å². The number of aliphatic carboxylic acids is 3. The molecule has 1 rings (SSSR count). The van der Waals surface area contributed by atoms with Crippen molar-refractivity contribution in [2.75, 3.05) is 0 Å². The van der Waals surface area contributed by atoms with Gasteiger partial charge in [0.2, 0.25) is 23.6 Å². The number of H-pyrrole nitrogens is 1. The lowest BCUT2D eigenvalue weighted by Gasteiger charge is -2.24. The van der Waals surface area contributed by atoms with Crippen LogP contribution in [0.2, 0.25) is 0 Å². The van der Waals surface area contributed by atoms with Gasteiger partial charge in [0.1, 0.15) is 18.1 Å². The predicted molar refractivity (Wildman–Crippen MR) is 117 cm³/mol. The molecule has 36 heavy (non-hydrogen) atoms. The Balaban J connectivity index is 3.06. The normalized spacial score (nSPS) is 13.9. The van der Waals surface area contributed by atoms with Gasteiger partial charge in [-0.15, -0.1) is 0 Å². The number of carboxylic acids is 3. The minimum absolute atomic E-state index is 0.258. The van der Waals surface area contributed by atoms with Crippen LogP contribution in [0.4, 0.5) is 0 Å². The van der Waals surface area contributed by atoms with Crippen molar-refractivity contribution in [2.24, 2.45) is 11.5 Å². The van der Waals surface area contributed by atoms with E-state index in [1.807, 2.05) is 0 Å². The van der Waals surface area contributed by atoms with Crippen LogP contribution in [0.5, 0.6) is 0 Å². The highest BCUT2D eigenvalue weighted by atomic mass is 16.4. The number of rotatable bonds is 16. The summed E-state index contributed by atoms with van der Waals surface area (Å²) >= 11 is 0. The molecule has 4 atom stereocenters. The van der Waals surface area contributed by atoms with Gasteiger partial charge in [-0.25, -0.2) is 9.78 Å². The van der Waals surface area contributed by atoms with Gasteiger partial charge in [0, 0.05) is 24.7 Å². The van der Waals surface area contributed by atoms with Crippen LogP contribution in [0, 0.1) is 0 Å². The molecule has 4 unspecified atom stereocenters. The maximum Gasteiger partial charge on any atom is 0.326 e. The zero-order valence-electron chi connectivity index (χ0n) is 18.8. The van der Waals surface area contributed by atoms with Gasteiger partial charge in [-0.2, -0.15) is 0 Å². The first-order valence-electron chi connectivity index (χ1n) is 10.4. The molecular formula is C19H27N7O10. The molecule has 17 heteroatoms. The van der Waals surface area contributed by atoms with E-state index in [9.17, 15) is 38.7 Å². The number of nitrogens with one attached hydrogen (secondary N) is 4. The number of hydrogen-bond donors (Lipinski definition) is 9. The zero-order chi connectivity index (χ0) is 27.4. The molecule has 1 heterocycles. The fourth-order valence-corrected chi connectivity index (χ4v) is 2.84. The van der Waals surface area contributed by atoms with E-state index in [1.165, 1.54) is 12.5 Å². The van der Waals surface area contributed by atoms with Crippen LogP contribution >= 0.6 is 0 Å². The summed E-state index contributed by atoms with van der Waals surface area (Å²) in [5, 5.41) is 33.5. The molecule has 0 saturated heterocycles. The van der Waals surface area contributed by atoms with E-state index >= 15 is 0 Å². The van der Waals surface area contributed by atoms with Crippen molar-refractivity contribution in [1.29, 1.82) is 0 Å². The van der Waals surface area contributed by atoms with Gasteiger partial charge in [-0.3, -0.25) is 28.8 Å². The maximum absolute atomic E-state index is 12.8. The molecule has 0 aliphatic carbocycles. The number of amides is 4. The van der Waals surface area contributed by atoms with Crippen molar-refractivity contribution in [3.05, 3.63) is 18.2 Å². The minimum atomic E-state index is -1.72. The number of imidazole rings is 1. The van der Waals surface area contributed by atoms with Crippen LogP contribution < -0.4 is 27.4 Å². The summed E-state index contributed by atoms with van der Waals surface area (Å²) in [6.45, 7) is 0. The molecule has 0 saturated carbocycles. The molecule has 0 aliphatic rings. The lowest BCUT2D eigenvalue weighted by Crippen LogP contribution is -2.58. The monoisotopic (exact) mass is 513 g/mol. The molecule has 4 amide bonds. The van der Waals surface area contributed by atoms with Gasteiger partial charge in [0.05, 0.1) is 25.2 Å². The van der Waals surface area contributed by atoms with Crippen LogP contribution in [-0.2, 0) is 40.0 Å². The Morgan fingerprint density at radius 3 is 1.94 bits per heavy atom. The lowest BCUT2D eigenvalue weighted by atomic mass is 10.1. The Morgan fingerprint density at radius 1 is 0.861 bits per heavy atom. The second kappa shape index (κ2) is 14.0. The Hall–Kier alpha value is -4.54. The molecule has 1 aromatic heterocycles. The highest BCUT2D eigenvalue weighted by Crippen LogP contribution is 2.04. The smallest absolute Gasteiger partial charge is 0.326 e. The highest BCUT2D eigenvalue weighted by Gasteiger charge is 2.32. The third-order valence-electron chi connectivity index (χ3n) is 4.65. The first-order valence-corrected chi connectivity index (χ1v) is 10.4. The van der Waals surface area contributed by atoms with Crippen molar-refractivity contribution in [3.63, 3.8) is 0 Å². The van der Waals surface area contributed by atoms with Crippen LogP contribution in [0.1, 0.15) is 31.4 Å². The number of nitrogens with two attached hydrogens (primary N) is 2. The summed E-state index contributed by atoms with van der Waals surface area (Å²) < 4.78 is 0. The second-order valence-electron chi connectivity index (χ2n) is 7.61. The molecule has 17 nitrogen and oxygen atoms in total. The van der Waals surface area contributed by atoms with Crippen LogP contribution in [-0.4, -0.2) is 91.0 Å². The van der Waals surface area contributed by atoms with E-state index < -0.39 is 85.0 Å². The summed E-state index contributed by atoms with van der Waals surface area (Å²) in [7, 11) is 0. The summed E-state index contributed by atoms with van der Waals surface area (Å²) in [5.74, 6) is -8.47. The number of aromatic nitrogens is 2. The van der Waals surface area contributed by atoms with E-state index in [1.54, 1.807) is 0 Å². The van der Waals surface area contributed by atoms with Crippen molar-refractivity contribution in [1.82, 2.24) is 25.9 Å². The van der Waals surface area contributed by atoms with Gasteiger partial charge in [0.25, 0.3) is 0 Å². The Kier molecular flexibility index (Phi) is 11.5. The molecule has 0 spiro atoms. The molecule has 0 bridgehead atoms. The largest absolute Gasteiger partial charge is 0.481 e. The molecule has 1 aromatic rings. The molecule has 0 aromatic carbocycles. The topological polar surface area (TPSA) is 297 Å². The number of primary amides is 1. The van der Waals surface area contributed by atoms with E-state index in [2.05, 4.69) is 25.9 Å². The quantitative estimate of drug-likeness (QED) is 0.102. The summed E-state index contributed by atoms with van der Waals surface area (Å²) in [6, 6.07) is -6.29. The number of carbonyl (C=O) groups is 7. The molecule has 11 N–H and O–H groups in total. The summed E-state index contributed by atoms with van der Waals surface area (Å²) in [4.78, 5) is 88.6. The second-order valence-corrected chi connectivity index (χ2v) is 7.61. The Bertz CT molecular complexity index is 981. The van der Waals surface area contributed by atoms with Crippen molar-refractivity contribution in [3.8, 4) is 0 Å². The first kappa shape index (κ1) is 29.5. The highest BCUT2D eigenvalue weighted by molar-refractivity contribution is 5.96. The van der Waals surface area contributed by atoms with Gasteiger partial charge in [0.15, 0.2) is 0 Å². The molecule has 0 fully saturated rings. The number of carboxylic acid groups (broad SMARTS) is 3. The maximum atomic E-state index is 12.8. The van der Waals surface area contributed by atoms with E-state index in [4.69, 9.17) is 21.7 Å². The minimum Gasteiger partial charge on any atom is -0.481 e. The SMILES string of the molecule is NC(=O)CC(NC(=O)C(Cc1cnc[nH]1)NC(=O)C(CC(=O)O)NC(=O)C(N)CCC(=O)O)C(=O)O. The Labute approximate surface area is 203 Å². The van der Waals surface area contributed by atoms with Crippen molar-refractivity contribution < 1.29 is 48.9 Å². The third kappa shape index (κ3) is 10.6. The van der Waals surface area contributed by atoms with Crippen LogP contribution in [0.15, 0.2) is 12.5 Å². The van der Waals surface area contributed by atoms with Crippen LogP contribution in [0.25, 0.3) is 0 Å². The van der Waals surface area contributed by atoms with E-state index in [0.717, 1.165) is 0 Å². The predicted octanol–water partition coefficient (Wildman–Crippen LogP) is -3.97. The standard InChI is InChI=1S/C19H27N7O10/c20-9(1-2-14(28)29)16(32)24-11(5-15(30)31)18(34)25-10(3-8-6-22-7-23-8)17(33)26-12(19(35)36)4-13(21)27/h6-7,9-12H,1-5,20H2,(H2,21,27)(H,22,23)(H,24,32)(H,25,34)(H,26,33)(H,28,29)(H,30,31)(H,35,36). The summed E-state index contributed by atoms with van der Waals surface area (Å²) in [5.41, 5.74) is 10.9. The first-order chi connectivity index (χ1) is 16.8. The van der Waals surface area contributed by atoms with Crippen LogP contribution in [0.3, 0.4) is 0 Å². The van der Waals surface area contributed by atoms with Gasteiger partial charge in [-0.1, -0.05) is 0 Å². The van der Waals surface area contributed by atoms with Crippen molar-refractivity contribution >= 4 is 41.5 Å². The number of nitrogens with zero attached hydrogens (tertiary/aromatic N) is 1. The number of carbonyl (C=O) groups excluding carboxylic acids is 4. The van der Waals surface area contributed by atoms with Gasteiger partial charge in [-0.05, 0) is 6.42 Å². The fraction of sp³-hybridized carbons (Fsp3) is 0.474. The molecule has 0 aliphatic heterocycles. The molecule has 0 radical (unpaired) electrons. The van der Waals surface area contributed by atoms with E-state index in [0.29, 0.717) is 5.69 Å². The fourth-order valence-electron chi connectivity index (χ4n) is 2.84. The Morgan fingerprint density at radius 2 is 1.44 bits per heavy atom. The average molecular weight is 513 g/mol. The number of aromatic amines is 1. The van der Waals surface area contributed by atoms with Gasteiger partial charge < -0.3 is 47.7 Å². The average Bonchev–Trinajstić information content (AvgIpc) is 3.28. The van der Waals surface area contributed by atoms with Crippen molar-refractivity contribution in [2.45, 2.75) is 56.3 Å². The zero-order valence-corrected chi connectivity index (χ0v) is 18.8. The molecule has 198 valence electrons. The summed E-state index contributed by atoms with van der Waals surface area (Å²) in [6.07, 6.45) is -0.0738. The molecular weight excluding hydrogens is 486 g/mol.